The maximum atomic E-state index is 12.6. The average molecular weight is 384 g/mol. The second-order valence-electron chi connectivity index (χ2n) is 7.62. The number of aliphatic hydroxyl groups excluding tert-OH is 1. The van der Waals surface area contributed by atoms with Gasteiger partial charge in [0.1, 0.15) is 5.69 Å². The lowest BCUT2D eigenvalue weighted by Gasteiger charge is -2.34. The minimum atomic E-state index is -0.595. The molecule has 2 aromatic rings. The zero-order valence-corrected chi connectivity index (χ0v) is 16.4. The molecule has 2 amide bonds. The first-order valence-corrected chi connectivity index (χ1v) is 9.68. The topological polar surface area (TPSA) is 96.3 Å². The molecule has 0 radical (unpaired) electrons. The number of carbonyl (C=O) groups excluding carboxylic acids is 2. The molecule has 28 heavy (non-hydrogen) atoms. The van der Waals surface area contributed by atoms with Crippen LogP contribution >= 0.6 is 0 Å². The quantitative estimate of drug-likeness (QED) is 0.681. The van der Waals surface area contributed by atoms with Gasteiger partial charge in [0.25, 0.3) is 5.91 Å². The molecule has 150 valence electrons. The number of aromatic nitrogens is 2. The average Bonchev–Trinajstić information content (AvgIpc) is 3.05. The van der Waals surface area contributed by atoms with Gasteiger partial charge in [0.05, 0.1) is 12.1 Å². The number of carbonyl (C=O) groups is 2. The van der Waals surface area contributed by atoms with Crippen molar-refractivity contribution in [2.75, 3.05) is 6.54 Å². The Morgan fingerprint density at radius 2 is 1.93 bits per heavy atom. The number of nitrogens with zero attached hydrogens (tertiary/aromatic N) is 2. The van der Waals surface area contributed by atoms with Crippen molar-refractivity contribution in [1.82, 2.24) is 20.4 Å². The Hall–Kier alpha value is -2.67. The molecule has 3 N–H and O–H groups in total. The van der Waals surface area contributed by atoms with Crippen molar-refractivity contribution in [2.45, 2.75) is 50.2 Å². The molecular formula is C21H28N4O3. The highest BCUT2D eigenvalue weighted by Crippen LogP contribution is 2.38. The molecule has 1 aromatic carbocycles. The van der Waals surface area contributed by atoms with Crippen LogP contribution in [0, 0.1) is 0 Å². The van der Waals surface area contributed by atoms with Crippen LogP contribution < -0.4 is 10.6 Å². The van der Waals surface area contributed by atoms with E-state index in [1.54, 1.807) is 24.0 Å². The maximum Gasteiger partial charge on any atom is 0.269 e. The highest BCUT2D eigenvalue weighted by atomic mass is 16.3. The number of hydrogen-bond acceptors (Lipinski definition) is 4. The Balaban J connectivity index is 1.82. The highest BCUT2D eigenvalue weighted by molar-refractivity contribution is 5.92. The summed E-state index contributed by atoms with van der Waals surface area (Å²) in [5.41, 5.74) is 1.34. The number of hydrogen-bond donors (Lipinski definition) is 3. The molecule has 1 fully saturated rings. The molecule has 1 aromatic heterocycles. The summed E-state index contributed by atoms with van der Waals surface area (Å²) in [7, 11) is 1.74. The number of amides is 2. The summed E-state index contributed by atoms with van der Waals surface area (Å²) in [4.78, 5) is 24.1. The van der Waals surface area contributed by atoms with Crippen molar-refractivity contribution >= 4 is 11.8 Å². The van der Waals surface area contributed by atoms with Gasteiger partial charge in [-0.3, -0.25) is 14.3 Å². The minimum absolute atomic E-state index is 0.138. The van der Waals surface area contributed by atoms with E-state index in [-0.39, 0.29) is 23.3 Å². The van der Waals surface area contributed by atoms with Crippen molar-refractivity contribution in [3.63, 3.8) is 0 Å². The van der Waals surface area contributed by atoms with Crippen molar-refractivity contribution in [1.29, 1.82) is 0 Å². The van der Waals surface area contributed by atoms with Gasteiger partial charge in [-0.25, -0.2) is 0 Å². The van der Waals surface area contributed by atoms with E-state index in [1.165, 1.54) is 6.92 Å². The van der Waals surface area contributed by atoms with Gasteiger partial charge in [0.2, 0.25) is 5.91 Å². The molecule has 7 nitrogen and oxygen atoms in total. The van der Waals surface area contributed by atoms with E-state index in [9.17, 15) is 14.7 Å². The standard InChI is InChI=1S/C21H28N4O3/c1-15(26)24-17-8-11-21(12-9-19(17)27,16-6-4-3-5-7-16)14-22-20(28)18-10-13-23-25(18)2/h3-7,10,13,17,19,27H,8-9,11-12,14H2,1-2H3,(H,22,28)(H,24,26)/t17-,19-,21-/m0/s1. The predicted molar refractivity (Wildman–Crippen MR) is 106 cm³/mol. The summed E-state index contributed by atoms with van der Waals surface area (Å²) in [6, 6.07) is 11.5. The zero-order valence-electron chi connectivity index (χ0n) is 16.4. The third-order valence-electron chi connectivity index (χ3n) is 5.73. The van der Waals surface area contributed by atoms with Crippen LogP contribution in [0.2, 0.25) is 0 Å². The van der Waals surface area contributed by atoms with Crippen LogP contribution in [0.3, 0.4) is 0 Å². The van der Waals surface area contributed by atoms with Gasteiger partial charge in [-0.1, -0.05) is 30.3 Å². The van der Waals surface area contributed by atoms with Gasteiger partial charge in [0.15, 0.2) is 0 Å². The molecule has 1 heterocycles. The van der Waals surface area contributed by atoms with Crippen molar-refractivity contribution in [3.8, 4) is 0 Å². The number of aliphatic hydroxyl groups is 1. The lowest BCUT2D eigenvalue weighted by atomic mass is 9.74. The molecule has 3 atom stereocenters. The van der Waals surface area contributed by atoms with Crippen molar-refractivity contribution in [2.24, 2.45) is 7.05 Å². The Labute approximate surface area is 165 Å². The summed E-state index contributed by atoms with van der Waals surface area (Å²) in [5, 5.41) is 20.5. The van der Waals surface area contributed by atoms with E-state index in [2.05, 4.69) is 27.9 Å². The molecule has 1 saturated carbocycles. The zero-order chi connectivity index (χ0) is 20.1. The van der Waals surface area contributed by atoms with Crippen LogP contribution in [0.25, 0.3) is 0 Å². The molecule has 0 unspecified atom stereocenters. The number of rotatable bonds is 5. The van der Waals surface area contributed by atoms with Crippen LogP contribution in [-0.2, 0) is 17.3 Å². The molecule has 1 aliphatic rings. The molecule has 0 aliphatic heterocycles. The first-order chi connectivity index (χ1) is 13.4. The molecule has 1 aliphatic carbocycles. The Bertz CT molecular complexity index is 820. The normalized spacial score (nSPS) is 25.0. The first kappa shape index (κ1) is 20.1. The Kier molecular flexibility index (Phi) is 6.14. The Morgan fingerprint density at radius 1 is 1.21 bits per heavy atom. The van der Waals surface area contributed by atoms with Crippen LogP contribution in [0.4, 0.5) is 0 Å². The lowest BCUT2D eigenvalue weighted by molar-refractivity contribution is -0.120. The molecule has 0 saturated heterocycles. The fraction of sp³-hybridized carbons (Fsp3) is 0.476. The van der Waals surface area contributed by atoms with Crippen LogP contribution in [-0.4, -0.2) is 45.4 Å². The molecule has 0 bridgehead atoms. The predicted octanol–water partition coefficient (Wildman–Crippen LogP) is 1.53. The van der Waals surface area contributed by atoms with Gasteiger partial charge < -0.3 is 15.7 Å². The van der Waals surface area contributed by atoms with Gasteiger partial charge >= 0.3 is 0 Å². The SMILES string of the molecule is CC(=O)N[C@H]1CC[C@](CNC(=O)c2ccnn2C)(c2ccccc2)CC[C@@H]1O. The molecule has 7 heteroatoms. The second kappa shape index (κ2) is 8.56. The summed E-state index contributed by atoms with van der Waals surface area (Å²) < 4.78 is 1.55. The largest absolute Gasteiger partial charge is 0.391 e. The number of aryl methyl sites for hydroxylation is 1. The molecule has 3 rings (SSSR count). The minimum Gasteiger partial charge on any atom is -0.391 e. The van der Waals surface area contributed by atoms with Crippen LogP contribution in [0.15, 0.2) is 42.6 Å². The number of benzene rings is 1. The highest BCUT2D eigenvalue weighted by Gasteiger charge is 2.38. The van der Waals surface area contributed by atoms with Gasteiger partial charge in [-0.2, -0.15) is 5.10 Å². The van der Waals surface area contributed by atoms with E-state index in [4.69, 9.17) is 0 Å². The smallest absolute Gasteiger partial charge is 0.269 e. The molecular weight excluding hydrogens is 356 g/mol. The summed E-state index contributed by atoms with van der Waals surface area (Å²) in [5.74, 6) is -0.306. The van der Waals surface area contributed by atoms with Crippen LogP contribution in [0.5, 0.6) is 0 Å². The monoisotopic (exact) mass is 384 g/mol. The van der Waals surface area contributed by atoms with Gasteiger partial charge in [0, 0.05) is 32.1 Å². The van der Waals surface area contributed by atoms with Crippen LogP contribution in [0.1, 0.15) is 48.7 Å². The maximum absolute atomic E-state index is 12.6. The second-order valence-corrected chi connectivity index (χ2v) is 7.62. The third kappa shape index (κ3) is 4.42. The van der Waals surface area contributed by atoms with E-state index >= 15 is 0 Å². The number of nitrogens with one attached hydrogen (secondary N) is 2. The van der Waals surface area contributed by atoms with E-state index in [0.29, 0.717) is 25.1 Å². The van der Waals surface area contributed by atoms with E-state index < -0.39 is 6.10 Å². The van der Waals surface area contributed by atoms with E-state index in [1.807, 2.05) is 18.2 Å². The first-order valence-electron chi connectivity index (χ1n) is 9.68. The molecule has 0 spiro atoms. The Morgan fingerprint density at radius 3 is 2.57 bits per heavy atom. The van der Waals surface area contributed by atoms with Gasteiger partial charge in [-0.15, -0.1) is 0 Å². The summed E-state index contributed by atoms with van der Waals surface area (Å²) >= 11 is 0. The van der Waals surface area contributed by atoms with Gasteiger partial charge in [-0.05, 0) is 37.3 Å². The third-order valence-corrected chi connectivity index (χ3v) is 5.73. The fourth-order valence-corrected chi connectivity index (χ4v) is 4.10. The van der Waals surface area contributed by atoms with E-state index in [0.717, 1.165) is 18.4 Å². The summed E-state index contributed by atoms with van der Waals surface area (Å²) in [6.45, 7) is 1.93. The van der Waals surface area contributed by atoms with Crippen molar-refractivity contribution in [3.05, 3.63) is 53.9 Å². The summed E-state index contributed by atoms with van der Waals surface area (Å²) in [6.07, 6.45) is 3.69. The fourth-order valence-electron chi connectivity index (χ4n) is 4.10. The van der Waals surface area contributed by atoms with Crippen molar-refractivity contribution < 1.29 is 14.7 Å². The lowest BCUT2D eigenvalue weighted by Crippen LogP contribution is -2.42.